The lowest BCUT2D eigenvalue weighted by Gasteiger charge is -1.86. The molecule has 4 heteroatoms. The van der Waals surface area contributed by atoms with Crippen molar-refractivity contribution >= 4 is 63.7 Å². The van der Waals surface area contributed by atoms with Crippen molar-refractivity contribution in [3.05, 3.63) is 0 Å². The molecule has 0 heterocycles. The Balaban J connectivity index is 2.52. The van der Waals surface area contributed by atoms with Crippen molar-refractivity contribution in [2.24, 2.45) is 0 Å². The van der Waals surface area contributed by atoms with Gasteiger partial charge in [-0.3, -0.25) is 0 Å². The van der Waals surface area contributed by atoms with E-state index in [0.717, 1.165) is 0 Å². The van der Waals surface area contributed by atoms with Crippen LogP contribution < -0.4 is 0 Å². The lowest BCUT2D eigenvalue weighted by atomic mass is 11.0. The second kappa shape index (κ2) is 1.96. The average molecular weight is 358 g/mol. The van der Waals surface area contributed by atoms with Crippen molar-refractivity contribution in [1.82, 2.24) is 0 Å². The van der Waals surface area contributed by atoms with Crippen molar-refractivity contribution in [2.45, 2.75) is 12.9 Å². The Labute approximate surface area is 75.9 Å². The van der Waals surface area contributed by atoms with E-state index in [-0.39, 0.29) is 3.23 Å². The molecule has 0 nitrogen and oxygen atoms in total. The molecule has 0 saturated heterocycles. The molecule has 0 aromatic carbocycles. The van der Waals surface area contributed by atoms with E-state index in [4.69, 9.17) is 0 Å². The van der Waals surface area contributed by atoms with Gasteiger partial charge in [0.05, 0.1) is 9.65 Å². The van der Waals surface area contributed by atoms with E-state index in [0.29, 0.717) is 9.65 Å². The van der Waals surface area contributed by atoms with Crippen molar-refractivity contribution in [3.8, 4) is 0 Å². The third-order valence-electron chi connectivity index (χ3n) is 0.883. The van der Waals surface area contributed by atoms with Crippen molar-refractivity contribution in [3.63, 3.8) is 0 Å². The van der Waals surface area contributed by atoms with Gasteiger partial charge in [-0.2, -0.15) is 0 Å². The van der Waals surface area contributed by atoms with E-state index in [1.54, 1.807) is 0 Å². The Hall–Kier alpha value is 1.92. The summed E-state index contributed by atoms with van der Waals surface area (Å²) in [6.45, 7) is 0. The molecule has 2 atom stereocenters. The van der Waals surface area contributed by atoms with E-state index < -0.39 is 0 Å². The average Bonchev–Trinajstić information content (AvgIpc) is 1.91. The zero-order chi connectivity index (χ0) is 5.65. The molecule has 42 valence electrons. The Morgan fingerprint density at radius 2 is 1.14 bits per heavy atom. The molecule has 0 aromatic rings. The van der Waals surface area contributed by atoms with E-state index in [1.165, 1.54) is 0 Å². The minimum atomic E-state index is 0.125. The first-order valence-corrected chi connectivity index (χ1v) is 5.14. The summed E-state index contributed by atoms with van der Waals surface area (Å²) < 4.78 is 0.125. The second-order valence-corrected chi connectivity index (χ2v) is 7.14. The van der Waals surface area contributed by atoms with Gasteiger partial charge in [0.25, 0.3) is 0 Å². The molecule has 1 fully saturated rings. The molecular weight excluding hydrogens is 356 g/mol. The Morgan fingerprint density at radius 1 is 1.00 bits per heavy atom. The minimum absolute atomic E-state index is 0.125. The number of halogens is 4. The largest absolute Gasteiger partial charge is 0.108 e. The highest BCUT2D eigenvalue weighted by molar-refractivity contribution is 9.28. The summed E-state index contributed by atoms with van der Waals surface area (Å²) in [5.41, 5.74) is 0. The minimum Gasteiger partial charge on any atom is -0.0852 e. The van der Waals surface area contributed by atoms with Gasteiger partial charge >= 0.3 is 0 Å². The highest BCUT2D eigenvalue weighted by atomic mass is 79.9. The number of rotatable bonds is 0. The number of hydrogen-bond donors (Lipinski definition) is 0. The van der Waals surface area contributed by atoms with Crippen LogP contribution in [0.5, 0.6) is 0 Å². The molecular formula is C3H2Br4. The van der Waals surface area contributed by atoms with Crippen molar-refractivity contribution in [2.75, 3.05) is 0 Å². The van der Waals surface area contributed by atoms with Gasteiger partial charge in [-0.05, 0) is 0 Å². The predicted octanol–water partition coefficient (Wildman–Crippen LogP) is 3.01. The SMILES string of the molecule is BrC1C(Br)C1(Br)Br. The van der Waals surface area contributed by atoms with Gasteiger partial charge in [0.1, 0.15) is 3.23 Å². The van der Waals surface area contributed by atoms with E-state index >= 15 is 0 Å². The van der Waals surface area contributed by atoms with Crippen LogP contribution in [0.15, 0.2) is 0 Å². The summed E-state index contributed by atoms with van der Waals surface area (Å²) in [6.07, 6.45) is 0. The summed E-state index contributed by atoms with van der Waals surface area (Å²) in [7, 11) is 0. The van der Waals surface area contributed by atoms with Gasteiger partial charge in [0, 0.05) is 0 Å². The first-order valence-electron chi connectivity index (χ1n) is 1.73. The smallest absolute Gasteiger partial charge is 0.0852 e. The van der Waals surface area contributed by atoms with Crippen LogP contribution in [0.1, 0.15) is 0 Å². The second-order valence-electron chi connectivity index (χ2n) is 1.48. The molecule has 2 unspecified atom stereocenters. The number of alkyl halides is 4. The molecule has 7 heavy (non-hydrogen) atoms. The zero-order valence-electron chi connectivity index (χ0n) is 3.17. The van der Waals surface area contributed by atoms with Crippen LogP contribution in [0.2, 0.25) is 0 Å². The summed E-state index contributed by atoms with van der Waals surface area (Å²) in [4.78, 5) is 1.06. The van der Waals surface area contributed by atoms with E-state index in [2.05, 4.69) is 63.7 Å². The Kier molecular flexibility index (Phi) is 1.97. The summed E-state index contributed by atoms with van der Waals surface area (Å²) in [6, 6.07) is 0. The van der Waals surface area contributed by atoms with Crippen LogP contribution in [0.4, 0.5) is 0 Å². The first-order chi connectivity index (χ1) is 3.07. The fourth-order valence-electron chi connectivity index (χ4n) is 0.255. The van der Waals surface area contributed by atoms with Gasteiger partial charge < -0.3 is 0 Å². The molecule has 0 amide bonds. The van der Waals surface area contributed by atoms with Gasteiger partial charge in [0.15, 0.2) is 0 Å². The lowest BCUT2D eigenvalue weighted by molar-refractivity contribution is 1.51. The third kappa shape index (κ3) is 1.10. The molecule has 0 radical (unpaired) electrons. The molecule has 1 saturated carbocycles. The predicted molar refractivity (Wildman–Crippen MR) is 46.0 cm³/mol. The lowest BCUT2D eigenvalue weighted by Crippen LogP contribution is -1.84. The topological polar surface area (TPSA) is 0 Å². The van der Waals surface area contributed by atoms with Gasteiger partial charge in [-0.1, -0.05) is 63.7 Å². The van der Waals surface area contributed by atoms with E-state index in [1.807, 2.05) is 0 Å². The quantitative estimate of drug-likeness (QED) is 0.585. The zero-order valence-corrected chi connectivity index (χ0v) is 9.51. The summed E-state index contributed by atoms with van der Waals surface area (Å²) in [5, 5.41) is 0. The molecule has 0 bridgehead atoms. The van der Waals surface area contributed by atoms with E-state index in [9.17, 15) is 0 Å². The molecule has 0 N–H and O–H groups in total. The maximum absolute atomic E-state index is 3.44. The molecule has 0 aliphatic heterocycles. The Bertz CT molecular complexity index is 78.9. The molecule has 1 rings (SSSR count). The molecule has 0 spiro atoms. The van der Waals surface area contributed by atoms with Gasteiger partial charge in [-0.25, -0.2) is 0 Å². The third-order valence-corrected chi connectivity index (χ3v) is 8.52. The monoisotopic (exact) mass is 354 g/mol. The van der Waals surface area contributed by atoms with Crippen LogP contribution >= 0.6 is 63.7 Å². The van der Waals surface area contributed by atoms with Crippen molar-refractivity contribution < 1.29 is 0 Å². The maximum atomic E-state index is 3.44. The van der Waals surface area contributed by atoms with Crippen LogP contribution in [-0.2, 0) is 0 Å². The van der Waals surface area contributed by atoms with Crippen LogP contribution in [0, 0.1) is 0 Å². The molecule has 1 aliphatic rings. The highest BCUT2D eigenvalue weighted by Gasteiger charge is 2.59. The fraction of sp³-hybridized carbons (Fsp3) is 1.00. The van der Waals surface area contributed by atoms with Gasteiger partial charge in [0.2, 0.25) is 0 Å². The van der Waals surface area contributed by atoms with Crippen LogP contribution in [-0.4, -0.2) is 12.9 Å². The van der Waals surface area contributed by atoms with Crippen molar-refractivity contribution in [1.29, 1.82) is 0 Å². The Morgan fingerprint density at radius 3 is 1.14 bits per heavy atom. The maximum Gasteiger partial charge on any atom is 0.108 e. The molecule has 1 aliphatic carbocycles. The summed E-state index contributed by atoms with van der Waals surface area (Å²) in [5.74, 6) is 0. The van der Waals surface area contributed by atoms with Crippen LogP contribution in [0.25, 0.3) is 0 Å². The normalized spacial score (nSPS) is 46.3. The fourth-order valence-corrected chi connectivity index (χ4v) is 3.92. The first kappa shape index (κ1) is 7.03. The summed E-state index contributed by atoms with van der Waals surface area (Å²) >= 11 is 13.7. The van der Waals surface area contributed by atoms with Gasteiger partial charge in [-0.15, -0.1) is 0 Å². The molecule has 0 aromatic heterocycles. The van der Waals surface area contributed by atoms with Crippen LogP contribution in [0.3, 0.4) is 0 Å². The highest BCUT2D eigenvalue weighted by Crippen LogP contribution is 2.59. The standard InChI is InChI=1S/C3H2Br4/c4-1-2(5)3(1,6)7/h1-2H. The number of hydrogen-bond acceptors (Lipinski definition) is 0.